The van der Waals surface area contributed by atoms with Gasteiger partial charge >= 0.3 is 0 Å². The molecule has 1 atom stereocenters. The number of hydrogen-bond acceptors (Lipinski definition) is 2. The second-order valence-corrected chi connectivity index (χ2v) is 6.09. The van der Waals surface area contributed by atoms with Gasteiger partial charge < -0.3 is 4.74 Å². The van der Waals surface area contributed by atoms with Crippen LogP contribution in [0.15, 0.2) is 42.5 Å². The lowest BCUT2D eigenvalue weighted by Gasteiger charge is -2.12. The number of benzene rings is 2. The highest BCUT2D eigenvalue weighted by Crippen LogP contribution is 2.27. The van der Waals surface area contributed by atoms with E-state index in [1.807, 2.05) is 30.3 Å². The molecular formula is C19H18ClNO. The minimum Gasteiger partial charge on any atom is -0.494 e. The summed E-state index contributed by atoms with van der Waals surface area (Å²) in [5.74, 6) is 0.719. The van der Waals surface area contributed by atoms with E-state index >= 15 is 0 Å². The van der Waals surface area contributed by atoms with Gasteiger partial charge in [-0.05, 0) is 60.2 Å². The Kier molecular flexibility index (Phi) is 4.65. The van der Waals surface area contributed by atoms with Crippen LogP contribution in [-0.4, -0.2) is 6.61 Å². The normalized spacial score (nSPS) is 14.2. The van der Waals surface area contributed by atoms with Gasteiger partial charge in [0.2, 0.25) is 0 Å². The molecule has 0 heterocycles. The zero-order valence-corrected chi connectivity index (χ0v) is 13.1. The number of hydrogen-bond donors (Lipinski definition) is 0. The molecule has 2 nitrogen and oxygen atoms in total. The molecule has 0 spiro atoms. The summed E-state index contributed by atoms with van der Waals surface area (Å²) in [7, 11) is 0. The fourth-order valence-electron chi connectivity index (χ4n) is 2.96. The van der Waals surface area contributed by atoms with Crippen molar-refractivity contribution < 1.29 is 4.74 Å². The Morgan fingerprint density at radius 3 is 2.82 bits per heavy atom. The molecule has 1 aliphatic carbocycles. The van der Waals surface area contributed by atoms with Crippen molar-refractivity contribution >= 4 is 11.6 Å². The number of nitrogens with zero attached hydrogens (tertiary/aromatic N) is 1. The average Bonchev–Trinajstić information content (AvgIpc) is 2.99. The quantitative estimate of drug-likeness (QED) is 0.786. The molecule has 22 heavy (non-hydrogen) atoms. The lowest BCUT2D eigenvalue weighted by atomic mass is 9.98. The highest BCUT2D eigenvalue weighted by atomic mass is 35.5. The van der Waals surface area contributed by atoms with Gasteiger partial charge in [0.15, 0.2) is 0 Å². The predicted octanol–water partition coefficient (Wildman–Crippen LogP) is 4.90. The molecule has 0 N–H and O–H groups in total. The predicted molar refractivity (Wildman–Crippen MR) is 88.4 cm³/mol. The molecule has 1 unspecified atom stereocenters. The Balaban J connectivity index is 1.59. The van der Waals surface area contributed by atoms with Crippen molar-refractivity contribution in [2.45, 2.75) is 31.6 Å². The second-order valence-electron chi connectivity index (χ2n) is 5.66. The van der Waals surface area contributed by atoms with Crippen LogP contribution in [0.2, 0.25) is 5.02 Å². The van der Waals surface area contributed by atoms with Crippen LogP contribution in [0.5, 0.6) is 5.75 Å². The molecule has 0 saturated carbocycles. The van der Waals surface area contributed by atoms with Gasteiger partial charge in [-0.25, -0.2) is 0 Å². The summed E-state index contributed by atoms with van der Waals surface area (Å²) >= 11 is 5.99. The molecule has 0 radical (unpaired) electrons. The van der Waals surface area contributed by atoms with Crippen LogP contribution in [0.4, 0.5) is 0 Å². The number of halogens is 1. The van der Waals surface area contributed by atoms with Crippen LogP contribution in [-0.2, 0) is 12.8 Å². The van der Waals surface area contributed by atoms with Crippen LogP contribution >= 0.6 is 11.6 Å². The summed E-state index contributed by atoms with van der Waals surface area (Å²) < 4.78 is 5.83. The maximum atomic E-state index is 9.35. The summed E-state index contributed by atoms with van der Waals surface area (Å²) in [6, 6.07) is 16.2. The summed E-state index contributed by atoms with van der Waals surface area (Å²) in [6.07, 6.45) is 4.23. The molecule has 3 heteroatoms. The van der Waals surface area contributed by atoms with Crippen LogP contribution < -0.4 is 4.74 Å². The lowest BCUT2D eigenvalue weighted by molar-refractivity contribution is 0.305. The lowest BCUT2D eigenvalue weighted by Crippen LogP contribution is -2.05. The first-order valence-electron chi connectivity index (χ1n) is 7.66. The number of fused-ring (bicyclic) bond motifs is 1. The van der Waals surface area contributed by atoms with Crippen LogP contribution in [0.25, 0.3) is 0 Å². The number of nitriles is 1. The molecule has 0 bridgehead atoms. The molecule has 0 amide bonds. The molecule has 0 aromatic heterocycles. The minimum atomic E-state index is -0.187. The van der Waals surface area contributed by atoms with E-state index in [4.69, 9.17) is 16.3 Å². The first kappa shape index (κ1) is 14.9. The molecule has 1 aliphatic rings. The van der Waals surface area contributed by atoms with Crippen molar-refractivity contribution in [1.82, 2.24) is 0 Å². The maximum Gasteiger partial charge on any atom is 0.119 e. The van der Waals surface area contributed by atoms with E-state index in [0.29, 0.717) is 18.1 Å². The zero-order chi connectivity index (χ0) is 15.4. The van der Waals surface area contributed by atoms with Crippen LogP contribution in [0.1, 0.15) is 35.4 Å². The fraction of sp³-hybridized carbons (Fsp3) is 0.316. The highest BCUT2D eigenvalue weighted by Gasteiger charge is 2.13. The van der Waals surface area contributed by atoms with Gasteiger partial charge in [-0.1, -0.05) is 29.8 Å². The third-order valence-electron chi connectivity index (χ3n) is 4.15. The van der Waals surface area contributed by atoms with E-state index in [2.05, 4.69) is 18.2 Å². The third kappa shape index (κ3) is 3.43. The number of ether oxygens (including phenoxy) is 1. The summed E-state index contributed by atoms with van der Waals surface area (Å²) in [5.41, 5.74) is 3.80. The Morgan fingerprint density at radius 2 is 2.00 bits per heavy atom. The average molecular weight is 312 g/mol. The third-order valence-corrected chi connectivity index (χ3v) is 4.39. The van der Waals surface area contributed by atoms with Gasteiger partial charge in [0, 0.05) is 11.4 Å². The first-order valence-corrected chi connectivity index (χ1v) is 8.04. The molecule has 0 aliphatic heterocycles. The maximum absolute atomic E-state index is 9.35. The Labute approximate surface area is 136 Å². The largest absolute Gasteiger partial charge is 0.494 e. The molecule has 112 valence electrons. The van der Waals surface area contributed by atoms with Crippen molar-refractivity contribution in [1.29, 1.82) is 5.26 Å². The van der Waals surface area contributed by atoms with Crippen molar-refractivity contribution in [3.63, 3.8) is 0 Å². The molecule has 2 aromatic rings. The monoisotopic (exact) mass is 311 g/mol. The van der Waals surface area contributed by atoms with Crippen molar-refractivity contribution in [2.24, 2.45) is 0 Å². The fourth-order valence-corrected chi connectivity index (χ4v) is 3.16. The van der Waals surface area contributed by atoms with E-state index in [9.17, 15) is 5.26 Å². The standard InChI is InChI=1S/C19H18ClNO/c20-18-6-2-5-15(11-18)17(13-21)9-10-22-19-8-7-14-3-1-4-16(14)12-19/h2,5-8,11-12,17H,1,3-4,9-10H2. The molecule has 0 saturated heterocycles. The summed E-state index contributed by atoms with van der Waals surface area (Å²) in [5, 5.41) is 10.0. The minimum absolute atomic E-state index is 0.187. The van der Waals surface area contributed by atoms with Gasteiger partial charge in [0.1, 0.15) is 5.75 Å². The summed E-state index contributed by atoms with van der Waals surface area (Å²) in [6.45, 7) is 0.531. The molecule has 0 fully saturated rings. The smallest absolute Gasteiger partial charge is 0.119 e. The van der Waals surface area contributed by atoms with Gasteiger partial charge in [-0.2, -0.15) is 5.26 Å². The van der Waals surface area contributed by atoms with E-state index in [1.165, 1.54) is 24.0 Å². The second kappa shape index (κ2) is 6.85. The van der Waals surface area contributed by atoms with Crippen LogP contribution in [0, 0.1) is 11.3 Å². The van der Waals surface area contributed by atoms with Gasteiger partial charge in [-0.3, -0.25) is 0 Å². The molecular weight excluding hydrogens is 294 g/mol. The number of aryl methyl sites for hydroxylation is 2. The van der Waals surface area contributed by atoms with E-state index in [0.717, 1.165) is 17.7 Å². The van der Waals surface area contributed by atoms with Crippen molar-refractivity contribution in [3.8, 4) is 11.8 Å². The Hall–Kier alpha value is -1.98. The van der Waals surface area contributed by atoms with E-state index < -0.39 is 0 Å². The SMILES string of the molecule is N#CC(CCOc1ccc2c(c1)CCC2)c1cccc(Cl)c1. The van der Waals surface area contributed by atoms with E-state index in [-0.39, 0.29) is 5.92 Å². The topological polar surface area (TPSA) is 33.0 Å². The zero-order valence-electron chi connectivity index (χ0n) is 12.4. The molecule has 3 rings (SSSR count). The van der Waals surface area contributed by atoms with Crippen molar-refractivity contribution in [3.05, 3.63) is 64.2 Å². The van der Waals surface area contributed by atoms with Crippen LogP contribution in [0.3, 0.4) is 0 Å². The Bertz CT molecular complexity index is 705. The number of rotatable bonds is 5. The van der Waals surface area contributed by atoms with Crippen molar-refractivity contribution in [2.75, 3.05) is 6.61 Å². The van der Waals surface area contributed by atoms with E-state index in [1.54, 1.807) is 0 Å². The first-order chi connectivity index (χ1) is 10.8. The summed E-state index contributed by atoms with van der Waals surface area (Å²) in [4.78, 5) is 0. The van der Waals surface area contributed by atoms with Gasteiger partial charge in [-0.15, -0.1) is 0 Å². The van der Waals surface area contributed by atoms with Gasteiger partial charge in [0.25, 0.3) is 0 Å². The van der Waals surface area contributed by atoms with Gasteiger partial charge in [0.05, 0.1) is 18.6 Å². The Morgan fingerprint density at radius 1 is 1.14 bits per heavy atom. The molecule has 2 aromatic carbocycles. The highest BCUT2D eigenvalue weighted by molar-refractivity contribution is 6.30.